The van der Waals surface area contributed by atoms with Gasteiger partial charge in [0.1, 0.15) is 5.75 Å². The minimum atomic E-state index is -4.74. The molecule has 0 saturated carbocycles. The van der Waals surface area contributed by atoms with Crippen molar-refractivity contribution in [1.82, 2.24) is 10.2 Å². The first-order valence-corrected chi connectivity index (χ1v) is 8.53. The summed E-state index contributed by atoms with van der Waals surface area (Å²) in [5, 5.41) is 13.1. The fraction of sp³-hybridized carbons (Fsp3) is 0.625. The lowest BCUT2D eigenvalue weighted by Gasteiger charge is -2.43. The van der Waals surface area contributed by atoms with Crippen LogP contribution in [0.5, 0.6) is 5.75 Å². The fourth-order valence-electron chi connectivity index (χ4n) is 3.12. The first-order valence-electron chi connectivity index (χ1n) is 7.74. The van der Waals surface area contributed by atoms with Crippen LogP contribution in [0.15, 0.2) is 22.7 Å². The highest BCUT2D eigenvalue weighted by atomic mass is 79.9. The Hall–Kier alpha value is -0.540. The number of aliphatic hydroxyl groups is 1. The van der Waals surface area contributed by atoms with Crippen molar-refractivity contribution in [3.63, 3.8) is 0 Å². The van der Waals surface area contributed by atoms with Gasteiger partial charge in [-0.05, 0) is 23.8 Å². The third-order valence-corrected chi connectivity index (χ3v) is 4.57. The molecule has 2 N–H and O–H groups in total. The molecule has 0 amide bonds. The van der Waals surface area contributed by atoms with Crippen LogP contribution in [-0.4, -0.2) is 49.2 Å². The molecule has 1 aliphatic heterocycles. The van der Waals surface area contributed by atoms with Crippen LogP contribution in [0.3, 0.4) is 0 Å². The molecule has 1 fully saturated rings. The van der Waals surface area contributed by atoms with Gasteiger partial charge in [-0.2, -0.15) is 0 Å². The van der Waals surface area contributed by atoms with Gasteiger partial charge < -0.3 is 15.2 Å². The van der Waals surface area contributed by atoms with Crippen molar-refractivity contribution in [2.45, 2.75) is 26.3 Å². The molecule has 1 aromatic carbocycles. The van der Waals surface area contributed by atoms with Crippen LogP contribution in [0, 0.1) is 5.41 Å². The molecule has 144 valence electrons. The summed E-state index contributed by atoms with van der Waals surface area (Å²) < 4.78 is 42.3. The quantitative estimate of drug-likeness (QED) is 0.722. The van der Waals surface area contributed by atoms with Gasteiger partial charge in [0.15, 0.2) is 0 Å². The van der Waals surface area contributed by atoms with Crippen molar-refractivity contribution in [2.75, 3.05) is 32.8 Å². The Morgan fingerprint density at radius 3 is 2.36 bits per heavy atom. The average molecular weight is 448 g/mol. The van der Waals surface area contributed by atoms with Gasteiger partial charge in [0, 0.05) is 48.7 Å². The van der Waals surface area contributed by atoms with Crippen molar-refractivity contribution in [1.29, 1.82) is 0 Å². The van der Waals surface area contributed by atoms with E-state index >= 15 is 0 Å². The van der Waals surface area contributed by atoms with E-state index in [-0.39, 0.29) is 30.8 Å². The molecule has 1 saturated heterocycles. The van der Waals surface area contributed by atoms with Gasteiger partial charge in [0.25, 0.3) is 0 Å². The first-order chi connectivity index (χ1) is 11.1. The molecule has 1 aliphatic rings. The van der Waals surface area contributed by atoms with Crippen LogP contribution in [0.2, 0.25) is 0 Å². The number of nitrogens with zero attached hydrogens (tertiary/aromatic N) is 1. The molecule has 4 nitrogen and oxygen atoms in total. The van der Waals surface area contributed by atoms with Crippen molar-refractivity contribution in [3.8, 4) is 5.75 Å². The van der Waals surface area contributed by atoms with Crippen molar-refractivity contribution in [2.24, 2.45) is 5.41 Å². The molecule has 9 heteroatoms. The van der Waals surface area contributed by atoms with Gasteiger partial charge in [-0.1, -0.05) is 29.8 Å². The van der Waals surface area contributed by atoms with Crippen LogP contribution < -0.4 is 10.1 Å². The summed E-state index contributed by atoms with van der Waals surface area (Å²) in [6, 6.07) is 4.26. The van der Waals surface area contributed by atoms with E-state index in [0.717, 1.165) is 26.2 Å². The molecule has 1 aromatic rings. The molecule has 0 aliphatic carbocycles. The highest BCUT2D eigenvalue weighted by Gasteiger charge is 2.37. The van der Waals surface area contributed by atoms with Crippen LogP contribution in [-0.2, 0) is 0 Å². The average Bonchev–Trinajstić information content (AvgIpc) is 2.46. The van der Waals surface area contributed by atoms with Crippen LogP contribution in [0.1, 0.15) is 25.5 Å². The van der Waals surface area contributed by atoms with Crippen LogP contribution >= 0.6 is 28.3 Å². The number of rotatable bonds is 5. The molecule has 0 aromatic heterocycles. The van der Waals surface area contributed by atoms with Gasteiger partial charge in [-0.3, -0.25) is 4.90 Å². The number of halogens is 5. The van der Waals surface area contributed by atoms with Gasteiger partial charge in [-0.25, -0.2) is 0 Å². The Bertz CT molecular complexity index is 567. The van der Waals surface area contributed by atoms with E-state index in [2.05, 4.69) is 30.9 Å². The smallest absolute Gasteiger partial charge is 0.406 e. The summed E-state index contributed by atoms with van der Waals surface area (Å²) in [6.07, 6.45) is -4.74. The zero-order valence-corrected chi connectivity index (χ0v) is 16.5. The second-order valence-corrected chi connectivity index (χ2v) is 7.52. The summed E-state index contributed by atoms with van der Waals surface area (Å²) in [5.41, 5.74) is 0.165. The number of aliphatic hydroxyl groups excluding tert-OH is 1. The third-order valence-electron chi connectivity index (χ3n) is 4.11. The number of nitrogens with one attached hydrogen (secondary N) is 1. The lowest BCUT2D eigenvalue weighted by atomic mass is 9.79. The first kappa shape index (κ1) is 22.5. The normalized spacial score (nSPS) is 17.7. The number of hydrogen-bond donors (Lipinski definition) is 2. The monoisotopic (exact) mass is 446 g/mol. The maximum atomic E-state index is 12.6. The van der Waals surface area contributed by atoms with Gasteiger partial charge >= 0.3 is 6.36 Å². The van der Waals surface area contributed by atoms with Crippen molar-refractivity contribution < 1.29 is 23.0 Å². The Morgan fingerprint density at radius 1 is 1.24 bits per heavy atom. The SMILES string of the molecule is CC(C)(CO)[C@@H](c1cc(Br)cc(OC(F)(F)F)c1)N1CCNCC1.Cl. The fourth-order valence-corrected chi connectivity index (χ4v) is 3.61. The molecule has 0 bridgehead atoms. The Morgan fingerprint density at radius 2 is 1.84 bits per heavy atom. The molecule has 0 radical (unpaired) electrons. The maximum Gasteiger partial charge on any atom is 0.573 e. The summed E-state index contributed by atoms with van der Waals surface area (Å²) in [5.74, 6) is -0.263. The summed E-state index contributed by atoms with van der Waals surface area (Å²) in [7, 11) is 0. The number of piperazine rings is 1. The van der Waals surface area contributed by atoms with Gasteiger partial charge in [0.05, 0.1) is 0 Å². The van der Waals surface area contributed by atoms with Crippen molar-refractivity contribution in [3.05, 3.63) is 28.2 Å². The van der Waals surface area contributed by atoms with E-state index in [1.165, 1.54) is 12.1 Å². The standard InChI is InChI=1S/C16H22BrF3N2O2.ClH/c1-15(2,10-23)14(22-5-3-21-4-6-22)11-7-12(17)9-13(8-11)24-16(18,19)20;/h7-9,14,21,23H,3-6,10H2,1-2H3;1H/t14-;/m1./s1. The highest BCUT2D eigenvalue weighted by Crippen LogP contribution is 2.41. The molecule has 1 heterocycles. The number of benzene rings is 1. The minimum Gasteiger partial charge on any atom is -0.406 e. The minimum absolute atomic E-state index is 0. The lowest BCUT2D eigenvalue weighted by molar-refractivity contribution is -0.274. The van der Waals surface area contributed by atoms with Gasteiger partial charge in [0.2, 0.25) is 0 Å². The predicted molar refractivity (Wildman–Crippen MR) is 96.1 cm³/mol. The highest BCUT2D eigenvalue weighted by molar-refractivity contribution is 9.10. The van der Waals surface area contributed by atoms with E-state index in [9.17, 15) is 18.3 Å². The second-order valence-electron chi connectivity index (χ2n) is 6.60. The molecule has 0 spiro atoms. The van der Waals surface area contributed by atoms with Crippen LogP contribution in [0.25, 0.3) is 0 Å². The lowest BCUT2D eigenvalue weighted by Crippen LogP contribution is -2.49. The molecule has 1 atom stereocenters. The van der Waals surface area contributed by atoms with E-state index in [1.807, 2.05) is 13.8 Å². The predicted octanol–water partition coefficient (Wildman–Crippen LogP) is 3.73. The summed E-state index contributed by atoms with van der Waals surface area (Å²) in [6.45, 7) is 6.86. The number of alkyl halides is 3. The summed E-state index contributed by atoms with van der Waals surface area (Å²) in [4.78, 5) is 2.19. The molecular weight excluding hydrogens is 425 g/mol. The Balaban J connectivity index is 0.00000312. The Kier molecular flexibility index (Phi) is 8.01. The zero-order valence-electron chi connectivity index (χ0n) is 14.1. The zero-order chi connectivity index (χ0) is 18.0. The van der Waals surface area contributed by atoms with Crippen molar-refractivity contribution >= 4 is 28.3 Å². The topological polar surface area (TPSA) is 44.7 Å². The van der Waals surface area contributed by atoms with E-state index in [1.54, 1.807) is 6.07 Å². The van der Waals surface area contributed by atoms with Crippen LogP contribution in [0.4, 0.5) is 13.2 Å². The number of hydrogen-bond acceptors (Lipinski definition) is 4. The Labute approximate surface area is 160 Å². The summed E-state index contributed by atoms with van der Waals surface area (Å²) >= 11 is 3.26. The molecule has 0 unspecified atom stereocenters. The number of ether oxygens (including phenoxy) is 1. The third kappa shape index (κ3) is 6.29. The van der Waals surface area contributed by atoms with E-state index < -0.39 is 11.8 Å². The maximum absolute atomic E-state index is 12.6. The van der Waals surface area contributed by atoms with E-state index in [0.29, 0.717) is 10.0 Å². The molecule has 25 heavy (non-hydrogen) atoms. The van der Waals surface area contributed by atoms with Gasteiger partial charge in [-0.15, -0.1) is 25.6 Å². The van der Waals surface area contributed by atoms with E-state index in [4.69, 9.17) is 0 Å². The second kappa shape index (κ2) is 8.90. The molecular formula is C16H23BrClF3N2O2. The molecule has 2 rings (SSSR count). The largest absolute Gasteiger partial charge is 0.573 e.